The molecule has 1 aliphatic carbocycles. The van der Waals surface area contributed by atoms with Crippen LogP contribution in [0.25, 0.3) is 11.3 Å². The molecule has 4 heterocycles. The van der Waals surface area contributed by atoms with Gasteiger partial charge in [-0.15, -0.1) is 5.10 Å². The van der Waals surface area contributed by atoms with Crippen molar-refractivity contribution in [2.24, 2.45) is 0 Å². The number of hydrogen-bond donors (Lipinski definition) is 3. The smallest absolute Gasteiger partial charge is 0.290 e. The SMILES string of the molecule is COc1ccc(-n2cnnn2)c(CC(=O)Nc2cc(NCc3cn4cc(C5CC5)ccc4n3)ncn2)c1F.O=CO. The van der Waals surface area contributed by atoms with Gasteiger partial charge in [0.2, 0.25) is 5.91 Å². The van der Waals surface area contributed by atoms with Crippen LogP contribution in [0.3, 0.4) is 0 Å². The van der Waals surface area contributed by atoms with Crippen LogP contribution in [0.5, 0.6) is 5.75 Å². The van der Waals surface area contributed by atoms with E-state index in [0.717, 1.165) is 11.3 Å². The van der Waals surface area contributed by atoms with E-state index in [0.29, 0.717) is 24.0 Å². The third kappa shape index (κ3) is 6.41. The number of halogens is 1. The van der Waals surface area contributed by atoms with Gasteiger partial charge in [0.15, 0.2) is 11.6 Å². The molecule has 0 bridgehead atoms. The summed E-state index contributed by atoms with van der Waals surface area (Å²) >= 11 is 0. The van der Waals surface area contributed by atoms with Crippen LogP contribution < -0.4 is 15.4 Å². The molecule has 41 heavy (non-hydrogen) atoms. The number of fused-ring (bicyclic) bond motifs is 1. The zero-order valence-corrected chi connectivity index (χ0v) is 21.8. The third-order valence-corrected chi connectivity index (χ3v) is 6.29. The molecular weight excluding hydrogens is 535 g/mol. The number of rotatable bonds is 9. The Bertz CT molecular complexity index is 1670. The molecule has 1 amide bonds. The number of ether oxygens (including phenoxy) is 1. The van der Waals surface area contributed by atoms with Crippen LogP contribution in [0.1, 0.15) is 35.6 Å². The highest BCUT2D eigenvalue weighted by Gasteiger charge is 2.24. The van der Waals surface area contributed by atoms with Gasteiger partial charge in [0.05, 0.1) is 31.5 Å². The molecule has 0 spiro atoms. The molecule has 0 unspecified atom stereocenters. The lowest BCUT2D eigenvalue weighted by molar-refractivity contribution is -0.123. The normalized spacial score (nSPS) is 12.3. The Morgan fingerprint density at radius 1 is 1.20 bits per heavy atom. The zero-order chi connectivity index (χ0) is 28.8. The number of anilines is 2. The maximum atomic E-state index is 15.1. The Morgan fingerprint density at radius 2 is 2.00 bits per heavy atom. The monoisotopic (exact) mass is 560 g/mol. The first-order valence-electron chi connectivity index (χ1n) is 12.5. The highest BCUT2D eigenvalue weighted by Crippen LogP contribution is 2.39. The van der Waals surface area contributed by atoms with Crippen molar-refractivity contribution in [1.29, 1.82) is 0 Å². The minimum atomic E-state index is -0.669. The van der Waals surface area contributed by atoms with Crippen molar-refractivity contribution in [3.63, 3.8) is 0 Å². The average molecular weight is 561 g/mol. The number of nitrogens with zero attached hydrogens (tertiary/aromatic N) is 8. The van der Waals surface area contributed by atoms with E-state index in [9.17, 15) is 4.79 Å². The molecule has 0 aliphatic heterocycles. The summed E-state index contributed by atoms with van der Waals surface area (Å²) in [6.45, 7) is 0.190. The minimum Gasteiger partial charge on any atom is -0.494 e. The summed E-state index contributed by atoms with van der Waals surface area (Å²) in [5.41, 5.74) is 3.48. The van der Waals surface area contributed by atoms with Crippen molar-refractivity contribution in [2.75, 3.05) is 17.7 Å². The van der Waals surface area contributed by atoms with Gasteiger partial charge < -0.3 is 24.9 Å². The first kappa shape index (κ1) is 27.1. The molecule has 1 fully saturated rings. The van der Waals surface area contributed by atoms with Gasteiger partial charge in [-0.3, -0.25) is 9.59 Å². The fourth-order valence-electron chi connectivity index (χ4n) is 4.26. The van der Waals surface area contributed by atoms with E-state index in [4.69, 9.17) is 14.6 Å². The summed E-state index contributed by atoms with van der Waals surface area (Å²) in [7, 11) is 1.35. The van der Waals surface area contributed by atoms with Gasteiger partial charge in [-0.05, 0) is 52.9 Å². The van der Waals surface area contributed by atoms with E-state index in [1.165, 1.54) is 48.9 Å². The van der Waals surface area contributed by atoms with E-state index in [2.05, 4.69) is 53.4 Å². The number of hydrogen-bond acceptors (Lipinski definition) is 10. The lowest BCUT2D eigenvalue weighted by atomic mass is 10.1. The van der Waals surface area contributed by atoms with Gasteiger partial charge in [-0.1, -0.05) is 6.07 Å². The molecule has 5 aromatic rings. The van der Waals surface area contributed by atoms with Crippen LogP contribution in [-0.4, -0.2) is 64.2 Å². The average Bonchev–Trinajstić information content (AvgIpc) is 3.51. The summed E-state index contributed by atoms with van der Waals surface area (Å²) in [4.78, 5) is 34.2. The minimum absolute atomic E-state index is 0.00820. The van der Waals surface area contributed by atoms with E-state index in [1.807, 2.05) is 16.7 Å². The van der Waals surface area contributed by atoms with E-state index < -0.39 is 11.7 Å². The molecule has 6 rings (SSSR count). The lowest BCUT2D eigenvalue weighted by Crippen LogP contribution is -2.18. The number of pyridine rings is 1. The van der Waals surface area contributed by atoms with Gasteiger partial charge in [-0.25, -0.2) is 24.0 Å². The number of benzene rings is 1. The fourth-order valence-corrected chi connectivity index (χ4v) is 4.26. The maximum absolute atomic E-state index is 15.1. The standard InChI is InChI=1S/C25H23FN10O2.CH2O2/c1-38-20-6-5-19(36-14-30-33-34-36)18(25(20)26)8-24(37)32-22-9-21(28-13-29-22)27-10-17-12-35-11-16(15-2-3-15)4-7-23(35)31-17;2-1-3/h4-7,9,11-15H,2-3,8,10H2,1H3,(H2,27,28,29,32,37);1H,(H,2,3). The largest absolute Gasteiger partial charge is 0.494 e. The van der Waals surface area contributed by atoms with E-state index >= 15 is 4.39 Å². The van der Waals surface area contributed by atoms with Gasteiger partial charge in [0.25, 0.3) is 6.47 Å². The van der Waals surface area contributed by atoms with Crippen LogP contribution in [0.4, 0.5) is 16.0 Å². The van der Waals surface area contributed by atoms with Crippen molar-refractivity contribution in [3.8, 4) is 11.4 Å². The number of aromatic nitrogens is 8. The van der Waals surface area contributed by atoms with Crippen molar-refractivity contribution in [2.45, 2.75) is 31.7 Å². The Balaban J connectivity index is 0.00000108. The van der Waals surface area contributed by atoms with Gasteiger partial charge in [-0.2, -0.15) is 0 Å². The molecule has 3 N–H and O–H groups in total. The molecular formula is C26H25FN10O4. The van der Waals surface area contributed by atoms with Crippen LogP contribution in [0, 0.1) is 5.82 Å². The second kappa shape index (κ2) is 12.1. The molecule has 4 aromatic heterocycles. The molecule has 1 aliphatic rings. The predicted molar refractivity (Wildman–Crippen MR) is 143 cm³/mol. The Morgan fingerprint density at radius 3 is 2.73 bits per heavy atom. The van der Waals surface area contributed by atoms with Crippen molar-refractivity contribution < 1.29 is 23.8 Å². The highest BCUT2D eigenvalue weighted by molar-refractivity contribution is 5.92. The second-order valence-electron chi connectivity index (χ2n) is 9.04. The van der Waals surface area contributed by atoms with Crippen molar-refractivity contribution >= 4 is 29.7 Å². The number of methoxy groups -OCH3 is 1. The number of nitrogens with one attached hydrogen (secondary N) is 2. The van der Waals surface area contributed by atoms with E-state index in [-0.39, 0.29) is 30.0 Å². The number of tetrazole rings is 1. The summed E-state index contributed by atoms with van der Waals surface area (Å²) in [5.74, 6) is 0.302. The molecule has 0 saturated heterocycles. The predicted octanol–water partition coefficient (Wildman–Crippen LogP) is 2.62. The van der Waals surface area contributed by atoms with Gasteiger partial charge in [0.1, 0.15) is 29.9 Å². The fraction of sp³-hybridized carbons (Fsp3) is 0.231. The lowest BCUT2D eigenvalue weighted by Gasteiger charge is -2.13. The quantitative estimate of drug-likeness (QED) is 0.226. The van der Waals surface area contributed by atoms with Crippen molar-refractivity contribution in [3.05, 3.63) is 78.0 Å². The molecule has 14 nitrogen and oxygen atoms in total. The summed E-state index contributed by atoms with van der Waals surface area (Å²) in [6, 6.07) is 8.80. The Hall–Kier alpha value is -5.47. The van der Waals surface area contributed by atoms with Crippen LogP contribution in [-0.2, 0) is 22.6 Å². The number of carbonyl (C=O) groups is 2. The Labute approximate surface area is 232 Å². The zero-order valence-electron chi connectivity index (χ0n) is 21.8. The summed E-state index contributed by atoms with van der Waals surface area (Å²) in [5, 5.41) is 23.8. The Kier molecular flexibility index (Phi) is 8.03. The number of carboxylic acid groups (broad SMARTS) is 1. The van der Waals surface area contributed by atoms with Gasteiger partial charge >= 0.3 is 0 Å². The van der Waals surface area contributed by atoms with E-state index in [1.54, 1.807) is 12.1 Å². The maximum Gasteiger partial charge on any atom is 0.290 e. The first-order valence-corrected chi connectivity index (χ1v) is 12.5. The van der Waals surface area contributed by atoms with Crippen LogP contribution in [0.2, 0.25) is 0 Å². The molecule has 1 aromatic carbocycles. The first-order chi connectivity index (χ1) is 20.0. The molecule has 0 radical (unpaired) electrons. The summed E-state index contributed by atoms with van der Waals surface area (Å²) < 4.78 is 23.5. The molecule has 210 valence electrons. The number of carbonyl (C=O) groups excluding carboxylic acids is 1. The molecule has 15 heteroatoms. The van der Waals surface area contributed by atoms with Crippen molar-refractivity contribution in [1.82, 2.24) is 39.6 Å². The molecule has 1 saturated carbocycles. The highest BCUT2D eigenvalue weighted by atomic mass is 19.1. The number of amides is 1. The summed E-state index contributed by atoms with van der Waals surface area (Å²) in [6.07, 6.45) is 8.98. The number of imidazole rings is 1. The topological polar surface area (TPSA) is 174 Å². The van der Waals surface area contributed by atoms with Crippen LogP contribution in [0.15, 0.2) is 55.4 Å². The molecule has 0 atom stereocenters. The van der Waals surface area contributed by atoms with Crippen LogP contribution >= 0.6 is 0 Å². The van der Waals surface area contributed by atoms with Gasteiger partial charge in [0, 0.05) is 24.0 Å². The second-order valence-corrected chi connectivity index (χ2v) is 9.04. The third-order valence-electron chi connectivity index (χ3n) is 6.29.